The highest BCUT2D eigenvalue weighted by Gasteiger charge is 2.23. The highest BCUT2D eigenvalue weighted by atomic mass is 19.1. The van der Waals surface area contributed by atoms with Gasteiger partial charge in [0.2, 0.25) is 0 Å². The van der Waals surface area contributed by atoms with Crippen molar-refractivity contribution in [3.05, 3.63) is 71.6 Å². The Hall–Kier alpha value is -3.92. The number of carbonyl (C=O) groups excluding carboxylic acids is 1. The highest BCUT2D eigenvalue weighted by molar-refractivity contribution is 5.98. The molecule has 4 aromatic rings. The second-order valence-corrected chi connectivity index (χ2v) is 8.26. The summed E-state index contributed by atoms with van der Waals surface area (Å²) in [6.07, 6.45) is 3.46. The van der Waals surface area contributed by atoms with Crippen LogP contribution in [-0.4, -0.2) is 38.7 Å². The Morgan fingerprint density at radius 3 is 2.91 bits per heavy atom. The fraction of sp³-hybridized carbons (Fsp3) is 0.250. The van der Waals surface area contributed by atoms with Crippen LogP contribution in [0.1, 0.15) is 34.8 Å². The number of aromatic nitrogens is 4. The van der Waals surface area contributed by atoms with Crippen LogP contribution < -0.4 is 16.4 Å². The number of carbonyl (C=O) groups is 1. The smallest absolute Gasteiger partial charge is 0.254 e. The Kier molecular flexibility index (Phi) is 5.89. The van der Waals surface area contributed by atoms with E-state index < -0.39 is 17.5 Å². The summed E-state index contributed by atoms with van der Waals surface area (Å²) in [5.74, 6) is -1.81. The van der Waals surface area contributed by atoms with Gasteiger partial charge in [0, 0.05) is 18.7 Å². The molecule has 174 valence electrons. The van der Waals surface area contributed by atoms with Crippen molar-refractivity contribution < 1.29 is 13.6 Å². The largest absolute Gasteiger partial charge is 0.383 e. The van der Waals surface area contributed by atoms with E-state index in [1.165, 1.54) is 6.33 Å². The Labute approximate surface area is 194 Å². The van der Waals surface area contributed by atoms with Gasteiger partial charge in [0.05, 0.1) is 17.0 Å². The summed E-state index contributed by atoms with van der Waals surface area (Å²) in [5.41, 5.74) is 8.77. The van der Waals surface area contributed by atoms with Crippen LogP contribution in [0.5, 0.6) is 0 Å². The first kappa shape index (κ1) is 21.9. The first-order chi connectivity index (χ1) is 16.5. The number of anilines is 1. The standard InChI is InChI=1S/C24H23F2N7O/c25-16-6-7-19(26)18(10-16)24(34)29-11-14-3-1-4-15(9-14)21-20-22(27)30-13-31-23(20)33(32-21)17-5-2-8-28-12-17/h1,3-4,6-7,9-10,13,17,28H,2,5,8,11-12H2,(H,29,34)(H2,27,30,31)/t17-/m1/s1. The zero-order chi connectivity index (χ0) is 23.7. The van der Waals surface area contributed by atoms with E-state index in [1.807, 2.05) is 28.9 Å². The summed E-state index contributed by atoms with van der Waals surface area (Å²) in [5, 5.41) is 11.6. The zero-order valence-electron chi connectivity index (χ0n) is 18.3. The van der Waals surface area contributed by atoms with Gasteiger partial charge in [-0.1, -0.05) is 18.2 Å². The molecule has 2 aromatic carbocycles. The third-order valence-electron chi connectivity index (χ3n) is 5.96. The minimum absolute atomic E-state index is 0.125. The van der Waals surface area contributed by atoms with Gasteiger partial charge in [-0.2, -0.15) is 5.10 Å². The molecule has 8 nitrogen and oxygen atoms in total. The first-order valence-corrected chi connectivity index (χ1v) is 11.0. The molecule has 34 heavy (non-hydrogen) atoms. The van der Waals surface area contributed by atoms with Crippen LogP contribution in [0, 0.1) is 11.6 Å². The summed E-state index contributed by atoms with van der Waals surface area (Å²) in [6.45, 7) is 1.90. The van der Waals surface area contributed by atoms with Crippen LogP contribution >= 0.6 is 0 Å². The predicted octanol–water partition coefficient (Wildman–Crippen LogP) is 3.21. The van der Waals surface area contributed by atoms with Gasteiger partial charge in [-0.25, -0.2) is 23.4 Å². The van der Waals surface area contributed by atoms with Crippen molar-refractivity contribution in [2.45, 2.75) is 25.4 Å². The molecule has 0 saturated carbocycles. The molecule has 10 heteroatoms. The Morgan fingerprint density at radius 2 is 2.09 bits per heavy atom. The van der Waals surface area contributed by atoms with Crippen LogP contribution in [0.15, 0.2) is 48.8 Å². The van der Waals surface area contributed by atoms with E-state index in [0.29, 0.717) is 22.5 Å². The fourth-order valence-corrected chi connectivity index (χ4v) is 4.27. The van der Waals surface area contributed by atoms with Gasteiger partial charge in [-0.3, -0.25) is 4.79 Å². The number of nitrogens with two attached hydrogens (primary N) is 1. The molecule has 4 N–H and O–H groups in total. The number of nitrogens with one attached hydrogen (secondary N) is 2. The van der Waals surface area contributed by atoms with Gasteiger partial charge in [-0.15, -0.1) is 0 Å². The van der Waals surface area contributed by atoms with Crippen molar-refractivity contribution >= 4 is 22.8 Å². The molecule has 1 aliphatic heterocycles. The Balaban J connectivity index is 1.44. The van der Waals surface area contributed by atoms with Gasteiger partial charge in [0.25, 0.3) is 5.91 Å². The number of piperidine rings is 1. The van der Waals surface area contributed by atoms with E-state index in [4.69, 9.17) is 10.8 Å². The maximum Gasteiger partial charge on any atom is 0.254 e. The molecule has 1 saturated heterocycles. The van der Waals surface area contributed by atoms with Gasteiger partial charge in [-0.05, 0) is 49.2 Å². The number of benzene rings is 2. The van der Waals surface area contributed by atoms with Crippen LogP contribution in [-0.2, 0) is 6.54 Å². The number of amides is 1. The Bertz CT molecular complexity index is 1360. The molecule has 1 amide bonds. The maximum absolute atomic E-state index is 13.9. The zero-order valence-corrected chi connectivity index (χ0v) is 18.3. The Morgan fingerprint density at radius 1 is 1.21 bits per heavy atom. The maximum atomic E-state index is 13.9. The lowest BCUT2D eigenvalue weighted by Crippen LogP contribution is -2.32. The average molecular weight is 463 g/mol. The molecule has 5 rings (SSSR count). The lowest BCUT2D eigenvalue weighted by molar-refractivity contribution is 0.0946. The minimum atomic E-state index is -0.780. The number of halogens is 2. The molecule has 1 atom stereocenters. The summed E-state index contributed by atoms with van der Waals surface area (Å²) >= 11 is 0. The molecule has 2 aromatic heterocycles. The SMILES string of the molecule is Nc1ncnc2c1c(-c1cccc(CNC(=O)c3cc(F)ccc3F)c1)nn2[C@@H]1CCCNC1. The van der Waals surface area contributed by atoms with Crippen LogP contribution in [0.2, 0.25) is 0 Å². The molecule has 0 bridgehead atoms. The summed E-state index contributed by atoms with van der Waals surface area (Å²) in [4.78, 5) is 21.0. The molecule has 0 spiro atoms. The topological polar surface area (TPSA) is 111 Å². The van der Waals surface area contributed by atoms with Crippen molar-refractivity contribution in [2.75, 3.05) is 18.8 Å². The van der Waals surface area contributed by atoms with Crippen LogP contribution in [0.3, 0.4) is 0 Å². The van der Waals surface area contributed by atoms with Crippen molar-refractivity contribution in [3.8, 4) is 11.3 Å². The van der Waals surface area contributed by atoms with Crippen molar-refractivity contribution in [1.82, 2.24) is 30.4 Å². The second kappa shape index (κ2) is 9.14. The second-order valence-electron chi connectivity index (χ2n) is 8.26. The molecule has 0 radical (unpaired) electrons. The number of hydrogen-bond acceptors (Lipinski definition) is 6. The van der Waals surface area contributed by atoms with Gasteiger partial charge >= 0.3 is 0 Å². The van der Waals surface area contributed by atoms with Crippen molar-refractivity contribution in [3.63, 3.8) is 0 Å². The lowest BCUT2D eigenvalue weighted by Gasteiger charge is -2.23. The van der Waals surface area contributed by atoms with Crippen LogP contribution in [0.25, 0.3) is 22.3 Å². The van der Waals surface area contributed by atoms with E-state index in [0.717, 1.165) is 55.3 Å². The summed E-state index contributed by atoms with van der Waals surface area (Å²) in [6, 6.07) is 10.4. The van der Waals surface area contributed by atoms with E-state index in [2.05, 4.69) is 20.6 Å². The van der Waals surface area contributed by atoms with E-state index in [1.54, 1.807) is 0 Å². The number of fused-ring (bicyclic) bond motifs is 1. The third-order valence-corrected chi connectivity index (χ3v) is 5.96. The molecule has 0 unspecified atom stereocenters. The number of rotatable bonds is 5. The first-order valence-electron chi connectivity index (χ1n) is 11.0. The molecular formula is C24H23F2N7O. The summed E-state index contributed by atoms with van der Waals surface area (Å²) in [7, 11) is 0. The minimum Gasteiger partial charge on any atom is -0.383 e. The number of hydrogen-bond donors (Lipinski definition) is 3. The normalized spacial score (nSPS) is 16.0. The van der Waals surface area contributed by atoms with E-state index in [9.17, 15) is 13.6 Å². The molecule has 3 heterocycles. The third kappa shape index (κ3) is 4.19. The van der Waals surface area contributed by atoms with Crippen LogP contribution in [0.4, 0.5) is 14.6 Å². The van der Waals surface area contributed by atoms with Crippen molar-refractivity contribution in [2.24, 2.45) is 0 Å². The number of nitrogens with zero attached hydrogens (tertiary/aromatic N) is 4. The summed E-state index contributed by atoms with van der Waals surface area (Å²) < 4.78 is 29.2. The van der Waals surface area contributed by atoms with E-state index >= 15 is 0 Å². The fourth-order valence-electron chi connectivity index (χ4n) is 4.27. The lowest BCUT2D eigenvalue weighted by atomic mass is 10.1. The highest BCUT2D eigenvalue weighted by Crippen LogP contribution is 2.33. The van der Waals surface area contributed by atoms with Gasteiger partial charge < -0.3 is 16.4 Å². The van der Waals surface area contributed by atoms with Gasteiger partial charge in [0.15, 0.2) is 5.65 Å². The molecule has 0 aliphatic carbocycles. The number of nitrogen functional groups attached to an aromatic ring is 1. The van der Waals surface area contributed by atoms with Crippen molar-refractivity contribution in [1.29, 1.82) is 0 Å². The molecule has 1 fully saturated rings. The molecule has 1 aliphatic rings. The average Bonchev–Trinajstić information content (AvgIpc) is 3.26. The van der Waals surface area contributed by atoms with E-state index in [-0.39, 0.29) is 18.2 Å². The molecular weight excluding hydrogens is 440 g/mol. The quantitative estimate of drug-likeness (QED) is 0.419. The monoisotopic (exact) mass is 463 g/mol. The van der Waals surface area contributed by atoms with Gasteiger partial charge in [0.1, 0.15) is 29.5 Å². The predicted molar refractivity (Wildman–Crippen MR) is 124 cm³/mol.